The van der Waals surface area contributed by atoms with Gasteiger partial charge in [0.1, 0.15) is 5.60 Å². The fraction of sp³-hybridized carbons (Fsp3) is 0.900. The molecule has 0 aromatic heterocycles. The van der Waals surface area contributed by atoms with E-state index in [1.54, 1.807) is 4.90 Å². The van der Waals surface area contributed by atoms with Gasteiger partial charge >= 0.3 is 6.09 Å². The van der Waals surface area contributed by atoms with Crippen LogP contribution in [0.15, 0.2) is 0 Å². The largest absolute Gasteiger partial charge is 0.444 e. The molecule has 3 nitrogen and oxygen atoms in total. The third-order valence-corrected chi connectivity index (χ3v) is 2.55. The van der Waals surface area contributed by atoms with Crippen LogP contribution in [0.4, 0.5) is 4.79 Å². The summed E-state index contributed by atoms with van der Waals surface area (Å²) in [6.45, 7) is 8.36. The van der Waals surface area contributed by atoms with Crippen LogP contribution in [0.2, 0.25) is 0 Å². The van der Waals surface area contributed by atoms with E-state index >= 15 is 0 Å². The fourth-order valence-corrected chi connectivity index (χ4v) is 2.06. The first kappa shape index (κ1) is 11.7. The Balaban J connectivity index is 2.53. The Bertz CT molecular complexity index is 225. The molecule has 14 heavy (non-hydrogen) atoms. The highest BCUT2D eigenvalue weighted by atomic mass is 32.1. The summed E-state index contributed by atoms with van der Waals surface area (Å²) in [6.07, 6.45) is 0.726. The highest BCUT2D eigenvalue weighted by Crippen LogP contribution is 2.23. The van der Waals surface area contributed by atoms with E-state index in [4.69, 9.17) is 4.74 Å². The van der Waals surface area contributed by atoms with Crippen molar-refractivity contribution in [1.82, 2.24) is 4.90 Å². The SMILES string of the molecule is C[C@@H]1CC(S)CN1C(=O)OC(C)(C)C. The first-order valence-electron chi connectivity index (χ1n) is 4.97. The standard InChI is InChI=1S/C10H19NO2S/c1-7-5-8(14)6-11(7)9(12)13-10(2,3)4/h7-8,14H,5-6H2,1-4H3/t7-,8?/m1/s1. The molecule has 0 N–H and O–H groups in total. The van der Waals surface area contributed by atoms with E-state index in [9.17, 15) is 4.79 Å². The number of thiol groups is 1. The van der Waals surface area contributed by atoms with Crippen molar-refractivity contribution in [3.63, 3.8) is 0 Å². The molecule has 0 radical (unpaired) electrons. The zero-order valence-corrected chi connectivity index (χ0v) is 10.2. The number of carbonyl (C=O) groups excluding carboxylic acids is 1. The van der Waals surface area contributed by atoms with Gasteiger partial charge in [0, 0.05) is 17.8 Å². The summed E-state index contributed by atoms with van der Waals surface area (Å²) in [6, 6.07) is 0.243. The second kappa shape index (κ2) is 4.01. The smallest absolute Gasteiger partial charge is 0.410 e. The Morgan fingerprint density at radius 3 is 2.43 bits per heavy atom. The van der Waals surface area contributed by atoms with Crippen LogP contribution in [-0.2, 0) is 4.74 Å². The van der Waals surface area contributed by atoms with Crippen LogP contribution >= 0.6 is 12.6 Å². The third-order valence-electron chi connectivity index (χ3n) is 2.18. The second-order valence-corrected chi connectivity index (χ2v) is 5.60. The molecule has 1 fully saturated rings. The van der Waals surface area contributed by atoms with Gasteiger partial charge in [0.15, 0.2) is 0 Å². The summed E-state index contributed by atoms with van der Waals surface area (Å²) in [4.78, 5) is 13.4. The van der Waals surface area contributed by atoms with E-state index in [2.05, 4.69) is 12.6 Å². The molecule has 0 aliphatic carbocycles. The van der Waals surface area contributed by atoms with Gasteiger partial charge < -0.3 is 9.64 Å². The lowest BCUT2D eigenvalue weighted by atomic mass is 10.2. The monoisotopic (exact) mass is 217 g/mol. The molecular formula is C10H19NO2S. The van der Waals surface area contributed by atoms with Crippen molar-refractivity contribution in [3.8, 4) is 0 Å². The van der Waals surface area contributed by atoms with Crippen LogP contribution in [0, 0.1) is 0 Å². The highest BCUT2D eigenvalue weighted by Gasteiger charge is 2.33. The average Bonchev–Trinajstić information content (AvgIpc) is 2.26. The highest BCUT2D eigenvalue weighted by molar-refractivity contribution is 7.81. The van der Waals surface area contributed by atoms with Crippen molar-refractivity contribution in [1.29, 1.82) is 0 Å². The molecule has 1 saturated heterocycles. The zero-order chi connectivity index (χ0) is 10.9. The lowest BCUT2D eigenvalue weighted by Gasteiger charge is -2.26. The van der Waals surface area contributed by atoms with Crippen molar-refractivity contribution in [2.75, 3.05) is 6.54 Å². The minimum atomic E-state index is -0.411. The molecule has 4 heteroatoms. The van der Waals surface area contributed by atoms with E-state index in [1.807, 2.05) is 27.7 Å². The molecule has 0 bridgehead atoms. The summed E-state index contributed by atoms with van der Waals surface area (Å²) < 4.78 is 5.29. The van der Waals surface area contributed by atoms with Gasteiger partial charge in [-0.25, -0.2) is 4.79 Å². The number of hydrogen-bond donors (Lipinski definition) is 1. The number of carbonyl (C=O) groups is 1. The quantitative estimate of drug-likeness (QED) is 0.631. The summed E-state index contributed by atoms with van der Waals surface area (Å²) in [7, 11) is 0. The zero-order valence-electron chi connectivity index (χ0n) is 9.28. The fourth-order valence-electron chi connectivity index (χ4n) is 1.58. The van der Waals surface area contributed by atoms with Gasteiger partial charge in [-0.05, 0) is 34.1 Å². The second-order valence-electron chi connectivity index (χ2n) is 4.87. The molecule has 1 unspecified atom stereocenters. The number of amides is 1. The van der Waals surface area contributed by atoms with Gasteiger partial charge in [0.2, 0.25) is 0 Å². The minimum Gasteiger partial charge on any atom is -0.444 e. The molecule has 1 aliphatic rings. The van der Waals surface area contributed by atoms with Crippen LogP contribution in [0.1, 0.15) is 34.1 Å². The van der Waals surface area contributed by atoms with Crippen LogP contribution in [0.25, 0.3) is 0 Å². The molecule has 0 aromatic rings. The van der Waals surface area contributed by atoms with E-state index in [0.29, 0.717) is 6.54 Å². The van der Waals surface area contributed by atoms with Crippen molar-refractivity contribution in [2.45, 2.75) is 51.0 Å². The summed E-state index contributed by atoms with van der Waals surface area (Å²) in [5.74, 6) is 0. The number of hydrogen-bond acceptors (Lipinski definition) is 3. The third kappa shape index (κ3) is 3.08. The van der Waals surface area contributed by atoms with E-state index in [0.717, 1.165) is 6.42 Å². The predicted molar refractivity (Wildman–Crippen MR) is 59.8 cm³/mol. The van der Waals surface area contributed by atoms with Crippen LogP contribution in [-0.4, -0.2) is 34.4 Å². The summed E-state index contributed by atoms with van der Waals surface area (Å²) >= 11 is 4.37. The minimum absolute atomic E-state index is 0.221. The molecule has 0 aromatic carbocycles. The maximum atomic E-state index is 11.7. The molecule has 0 spiro atoms. The van der Waals surface area contributed by atoms with Gasteiger partial charge in [-0.3, -0.25) is 0 Å². The Morgan fingerprint density at radius 2 is 2.07 bits per heavy atom. The predicted octanol–water partition coefficient (Wildman–Crippen LogP) is 2.31. The number of nitrogens with zero attached hydrogens (tertiary/aromatic N) is 1. The lowest BCUT2D eigenvalue weighted by molar-refractivity contribution is 0.0239. The molecular weight excluding hydrogens is 198 g/mol. The Labute approximate surface area is 91.2 Å². The van der Waals surface area contributed by atoms with E-state index in [1.165, 1.54) is 0 Å². The molecule has 1 aliphatic heterocycles. The van der Waals surface area contributed by atoms with Crippen LogP contribution in [0.3, 0.4) is 0 Å². The molecule has 1 amide bonds. The lowest BCUT2D eigenvalue weighted by Crippen LogP contribution is -2.38. The van der Waals surface area contributed by atoms with Crippen LogP contribution < -0.4 is 0 Å². The maximum absolute atomic E-state index is 11.7. The first-order chi connectivity index (χ1) is 6.29. The van der Waals surface area contributed by atoms with Gasteiger partial charge in [-0.1, -0.05) is 0 Å². The maximum Gasteiger partial charge on any atom is 0.410 e. The Hall–Kier alpha value is -0.380. The number of rotatable bonds is 0. The van der Waals surface area contributed by atoms with Gasteiger partial charge in [-0.15, -0.1) is 0 Å². The van der Waals surface area contributed by atoms with Crippen molar-refractivity contribution < 1.29 is 9.53 Å². The topological polar surface area (TPSA) is 29.5 Å². The van der Waals surface area contributed by atoms with Gasteiger partial charge in [-0.2, -0.15) is 12.6 Å². The van der Waals surface area contributed by atoms with Crippen molar-refractivity contribution in [3.05, 3.63) is 0 Å². The summed E-state index contributed by atoms with van der Waals surface area (Å²) in [5.41, 5.74) is -0.411. The Kier molecular flexibility index (Phi) is 3.35. The molecule has 82 valence electrons. The normalized spacial score (nSPS) is 27.9. The molecule has 1 rings (SSSR count). The van der Waals surface area contributed by atoms with E-state index in [-0.39, 0.29) is 17.4 Å². The molecule has 2 atom stereocenters. The first-order valence-corrected chi connectivity index (χ1v) is 5.49. The molecule has 1 heterocycles. The van der Waals surface area contributed by atoms with Crippen LogP contribution in [0.5, 0.6) is 0 Å². The summed E-state index contributed by atoms with van der Waals surface area (Å²) in [5, 5.41) is 0.289. The van der Waals surface area contributed by atoms with Crippen molar-refractivity contribution >= 4 is 18.7 Å². The van der Waals surface area contributed by atoms with Gasteiger partial charge in [0.05, 0.1) is 0 Å². The average molecular weight is 217 g/mol. The van der Waals surface area contributed by atoms with Gasteiger partial charge in [0.25, 0.3) is 0 Å². The van der Waals surface area contributed by atoms with Crippen molar-refractivity contribution in [2.24, 2.45) is 0 Å². The number of likely N-dealkylation sites (tertiary alicyclic amines) is 1. The molecule has 0 saturated carbocycles. The Morgan fingerprint density at radius 1 is 1.50 bits per heavy atom. The number of ether oxygens (including phenoxy) is 1. The van der Waals surface area contributed by atoms with E-state index < -0.39 is 5.60 Å².